The van der Waals surface area contributed by atoms with E-state index in [9.17, 15) is 14.7 Å². The molecule has 2 N–H and O–H groups in total. The van der Waals surface area contributed by atoms with E-state index in [0.717, 1.165) is 16.3 Å². The first-order valence-electron chi connectivity index (χ1n) is 10.1. The number of benzene rings is 3. The maximum Gasteiger partial charge on any atom is 0.335 e. The third kappa shape index (κ3) is 4.31. The molecule has 1 aromatic heterocycles. The van der Waals surface area contributed by atoms with Crippen LogP contribution < -0.4 is 5.32 Å². The largest absolute Gasteiger partial charge is 0.478 e. The van der Waals surface area contributed by atoms with Gasteiger partial charge in [0.2, 0.25) is 5.91 Å². The molecule has 4 aromatic rings. The standard InChI is InChI=1S/C26H22N2O3/c1-17(20-13-6-10-18-8-2-4-11-21(18)20)25(29)28-23-14-7-15-27-24(23)16-19-9-3-5-12-22(19)26(30)31/h2-15,17H,16H2,1H3,(H,28,29)(H,30,31). The Morgan fingerprint density at radius 2 is 1.68 bits per heavy atom. The minimum absolute atomic E-state index is 0.142. The average molecular weight is 410 g/mol. The number of fused-ring (bicyclic) bond motifs is 1. The molecule has 0 aliphatic heterocycles. The Labute approximate surface area is 180 Å². The lowest BCUT2D eigenvalue weighted by atomic mass is 9.94. The Balaban J connectivity index is 1.60. The van der Waals surface area contributed by atoms with Crippen molar-refractivity contribution >= 4 is 28.3 Å². The number of anilines is 1. The van der Waals surface area contributed by atoms with E-state index in [-0.39, 0.29) is 17.4 Å². The van der Waals surface area contributed by atoms with E-state index in [1.807, 2.05) is 49.4 Å². The van der Waals surface area contributed by atoms with E-state index in [1.54, 1.807) is 42.6 Å². The second-order valence-corrected chi connectivity index (χ2v) is 7.42. The molecule has 31 heavy (non-hydrogen) atoms. The summed E-state index contributed by atoms with van der Waals surface area (Å²) in [6.07, 6.45) is 1.95. The molecular formula is C26H22N2O3. The Kier molecular flexibility index (Phi) is 5.76. The number of carbonyl (C=O) groups is 2. The third-order valence-electron chi connectivity index (χ3n) is 5.44. The van der Waals surface area contributed by atoms with Crippen LogP contribution in [0.5, 0.6) is 0 Å². The predicted octanol–water partition coefficient (Wildman–Crippen LogP) is 5.27. The van der Waals surface area contributed by atoms with Gasteiger partial charge < -0.3 is 10.4 Å². The number of hydrogen-bond acceptors (Lipinski definition) is 3. The van der Waals surface area contributed by atoms with Crippen molar-refractivity contribution in [2.24, 2.45) is 0 Å². The topological polar surface area (TPSA) is 79.3 Å². The van der Waals surface area contributed by atoms with Gasteiger partial charge in [-0.15, -0.1) is 0 Å². The van der Waals surface area contributed by atoms with Crippen LogP contribution in [-0.2, 0) is 11.2 Å². The Morgan fingerprint density at radius 1 is 0.935 bits per heavy atom. The monoisotopic (exact) mass is 410 g/mol. The summed E-state index contributed by atoms with van der Waals surface area (Å²) in [5, 5.41) is 14.6. The van der Waals surface area contributed by atoms with Gasteiger partial charge in [0, 0.05) is 12.6 Å². The Morgan fingerprint density at radius 3 is 2.52 bits per heavy atom. The maximum atomic E-state index is 13.1. The van der Waals surface area contributed by atoms with Gasteiger partial charge in [-0.1, -0.05) is 60.7 Å². The highest BCUT2D eigenvalue weighted by Crippen LogP contribution is 2.27. The molecule has 0 aliphatic carbocycles. The minimum atomic E-state index is -0.985. The smallest absolute Gasteiger partial charge is 0.335 e. The fourth-order valence-electron chi connectivity index (χ4n) is 3.77. The molecule has 4 rings (SSSR count). The SMILES string of the molecule is CC(C(=O)Nc1cccnc1Cc1ccccc1C(=O)O)c1cccc2ccccc12. The summed E-state index contributed by atoms with van der Waals surface area (Å²) in [6, 6.07) is 24.3. The molecule has 1 atom stereocenters. The highest BCUT2D eigenvalue weighted by molar-refractivity contribution is 5.99. The van der Waals surface area contributed by atoms with Crippen molar-refractivity contribution in [3.05, 3.63) is 107 Å². The summed E-state index contributed by atoms with van der Waals surface area (Å²) in [5.41, 5.74) is 3.03. The zero-order valence-corrected chi connectivity index (χ0v) is 17.1. The van der Waals surface area contributed by atoms with Gasteiger partial charge in [-0.05, 0) is 47.0 Å². The van der Waals surface area contributed by atoms with Gasteiger partial charge in [-0.2, -0.15) is 0 Å². The van der Waals surface area contributed by atoms with Crippen LogP contribution in [0.3, 0.4) is 0 Å². The van der Waals surface area contributed by atoms with Crippen molar-refractivity contribution in [3.8, 4) is 0 Å². The zero-order chi connectivity index (χ0) is 21.8. The van der Waals surface area contributed by atoms with Crippen LogP contribution in [0.15, 0.2) is 85.1 Å². The maximum absolute atomic E-state index is 13.1. The van der Waals surface area contributed by atoms with Gasteiger partial charge >= 0.3 is 5.97 Å². The lowest BCUT2D eigenvalue weighted by molar-refractivity contribution is -0.117. The van der Waals surface area contributed by atoms with E-state index in [2.05, 4.69) is 10.3 Å². The van der Waals surface area contributed by atoms with Crippen LogP contribution in [0.4, 0.5) is 5.69 Å². The molecule has 3 aromatic carbocycles. The third-order valence-corrected chi connectivity index (χ3v) is 5.44. The van der Waals surface area contributed by atoms with Crippen LogP contribution in [0, 0.1) is 0 Å². The zero-order valence-electron chi connectivity index (χ0n) is 17.1. The molecule has 5 heteroatoms. The lowest BCUT2D eigenvalue weighted by Gasteiger charge is -2.17. The van der Waals surface area contributed by atoms with Crippen molar-refractivity contribution in [2.75, 3.05) is 5.32 Å². The summed E-state index contributed by atoms with van der Waals surface area (Å²) in [7, 11) is 0. The van der Waals surface area contributed by atoms with Crippen molar-refractivity contribution < 1.29 is 14.7 Å². The number of carboxylic acid groups (broad SMARTS) is 1. The summed E-state index contributed by atoms with van der Waals surface area (Å²) in [6.45, 7) is 1.88. The van der Waals surface area contributed by atoms with Crippen LogP contribution in [0.2, 0.25) is 0 Å². The second kappa shape index (κ2) is 8.79. The molecule has 0 saturated carbocycles. The molecule has 1 unspecified atom stereocenters. The van der Waals surface area contributed by atoms with Crippen molar-refractivity contribution in [1.82, 2.24) is 4.98 Å². The first-order chi connectivity index (χ1) is 15.0. The van der Waals surface area contributed by atoms with Gasteiger partial charge in [0.15, 0.2) is 0 Å². The number of hydrogen-bond donors (Lipinski definition) is 2. The molecule has 0 bridgehead atoms. The molecule has 5 nitrogen and oxygen atoms in total. The summed E-state index contributed by atoms with van der Waals surface area (Å²) < 4.78 is 0. The van der Waals surface area contributed by atoms with Gasteiger partial charge in [-0.3, -0.25) is 9.78 Å². The molecule has 0 radical (unpaired) electrons. The Bertz CT molecular complexity index is 1260. The van der Waals surface area contributed by atoms with E-state index in [4.69, 9.17) is 0 Å². The van der Waals surface area contributed by atoms with Crippen molar-refractivity contribution in [3.63, 3.8) is 0 Å². The highest BCUT2D eigenvalue weighted by atomic mass is 16.4. The number of nitrogens with zero attached hydrogens (tertiary/aromatic N) is 1. The van der Waals surface area contributed by atoms with E-state index in [1.165, 1.54) is 0 Å². The number of aromatic carboxylic acids is 1. The van der Waals surface area contributed by atoms with E-state index < -0.39 is 5.97 Å². The van der Waals surface area contributed by atoms with Crippen molar-refractivity contribution in [1.29, 1.82) is 0 Å². The minimum Gasteiger partial charge on any atom is -0.478 e. The number of pyridine rings is 1. The number of carbonyl (C=O) groups excluding carboxylic acids is 1. The van der Waals surface area contributed by atoms with Crippen molar-refractivity contribution in [2.45, 2.75) is 19.3 Å². The first kappa shape index (κ1) is 20.3. The quantitative estimate of drug-likeness (QED) is 0.454. The van der Waals surface area contributed by atoms with Gasteiger partial charge in [-0.25, -0.2) is 4.79 Å². The number of aromatic nitrogens is 1. The summed E-state index contributed by atoms with van der Waals surface area (Å²) >= 11 is 0. The molecular weight excluding hydrogens is 388 g/mol. The van der Waals surface area contributed by atoms with Gasteiger partial charge in [0.1, 0.15) is 0 Å². The van der Waals surface area contributed by atoms with Crippen LogP contribution in [0.1, 0.15) is 40.0 Å². The molecule has 1 amide bonds. The van der Waals surface area contributed by atoms with Crippen LogP contribution in [-0.4, -0.2) is 22.0 Å². The molecule has 1 heterocycles. The van der Waals surface area contributed by atoms with Crippen LogP contribution in [0.25, 0.3) is 10.8 Å². The fraction of sp³-hybridized carbons (Fsp3) is 0.115. The molecule has 0 spiro atoms. The predicted molar refractivity (Wildman–Crippen MR) is 121 cm³/mol. The fourth-order valence-corrected chi connectivity index (χ4v) is 3.77. The number of rotatable bonds is 6. The second-order valence-electron chi connectivity index (χ2n) is 7.42. The highest BCUT2D eigenvalue weighted by Gasteiger charge is 2.19. The first-order valence-corrected chi connectivity index (χ1v) is 10.1. The van der Waals surface area contributed by atoms with Crippen LogP contribution >= 0.6 is 0 Å². The Hall–Kier alpha value is -3.99. The van der Waals surface area contributed by atoms with Gasteiger partial charge in [0.05, 0.1) is 22.9 Å². The molecule has 154 valence electrons. The summed E-state index contributed by atoms with van der Waals surface area (Å²) in [4.78, 5) is 29.0. The lowest BCUT2D eigenvalue weighted by Crippen LogP contribution is -2.20. The number of amides is 1. The summed E-state index contributed by atoms with van der Waals surface area (Å²) in [5.74, 6) is -1.50. The molecule has 0 aliphatic rings. The molecule has 0 saturated heterocycles. The van der Waals surface area contributed by atoms with E-state index >= 15 is 0 Å². The normalized spacial score (nSPS) is 11.8. The average Bonchev–Trinajstić information content (AvgIpc) is 2.79. The number of nitrogens with one attached hydrogen (secondary N) is 1. The number of carboxylic acids is 1. The van der Waals surface area contributed by atoms with E-state index in [0.29, 0.717) is 23.4 Å². The van der Waals surface area contributed by atoms with Gasteiger partial charge in [0.25, 0.3) is 0 Å². The molecule has 0 fully saturated rings.